The van der Waals surface area contributed by atoms with Crippen LogP contribution in [0, 0.1) is 10.1 Å². The van der Waals surface area contributed by atoms with Crippen molar-refractivity contribution in [3.8, 4) is 0 Å². The van der Waals surface area contributed by atoms with Crippen LogP contribution in [0.15, 0.2) is 6.20 Å². The van der Waals surface area contributed by atoms with Crippen molar-refractivity contribution in [2.45, 2.75) is 25.2 Å². The van der Waals surface area contributed by atoms with Gasteiger partial charge in [0.2, 0.25) is 5.65 Å². The fourth-order valence-corrected chi connectivity index (χ4v) is 2.65. The smallest absolute Gasteiger partial charge is 0.258 e. The number of hydrogen-bond donors (Lipinski definition) is 0. The first-order valence-corrected chi connectivity index (χ1v) is 6.81. The zero-order valence-corrected chi connectivity index (χ0v) is 11.4. The number of halogens is 2. The monoisotopic (exact) mass is 300 g/mol. The molecule has 2 aromatic rings. The van der Waals surface area contributed by atoms with Gasteiger partial charge in [-0.25, -0.2) is 4.98 Å². The lowest BCUT2D eigenvalue weighted by Gasteiger charge is -2.10. The lowest BCUT2D eigenvalue weighted by atomic mass is 10.1. The molecule has 0 N–H and O–H groups in total. The highest BCUT2D eigenvalue weighted by Gasteiger charge is 2.31. The largest absolute Gasteiger partial charge is 0.333 e. The summed E-state index contributed by atoms with van der Waals surface area (Å²) in [7, 11) is 0. The van der Waals surface area contributed by atoms with Gasteiger partial charge in [-0.15, -0.1) is 11.6 Å². The summed E-state index contributed by atoms with van der Waals surface area (Å²) in [6.45, 7) is 0. The van der Waals surface area contributed by atoms with E-state index in [0.717, 1.165) is 24.1 Å². The van der Waals surface area contributed by atoms with E-state index in [9.17, 15) is 10.1 Å². The SMILES string of the molecule is O=[N+]([O-])c1cnn2c(Cl)c(CCCl)c(C3CC3)nc12. The first-order chi connectivity index (χ1) is 9.13. The second-order valence-corrected chi connectivity index (χ2v) is 5.24. The van der Waals surface area contributed by atoms with Gasteiger partial charge >= 0.3 is 5.69 Å². The summed E-state index contributed by atoms with van der Waals surface area (Å²) in [4.78, 5) is 14.9. The van der Waals surface area contributed by atoms with E-state index in [2.05, 4.69) is 10.1 Å². The molecule has 0 unspecified atom stereocenters. The van der Waals surface area contributed by atoms with Gasteiger partial charge in [0.05, 0.1) is 10.6 Å². The van der Waals surface area contributed by atoms with Crippen molar-refractivity contribution < 1.29 is 4.92 Å². The van der Waals surface area contributed by atoms with Gasteiger partial charge in [0.1, 0.15) is 11.3 Å². The van der Waals surface area contributed by atoms with Crippen LogP contribution in [-0.4, -0.2) is 25.4 Å². The van der Waals surface area contributed by atoms with E-state index in [1.807, 2.05) is 0 Å². The van der Waals surface area contributed by atoms with E-state index in [1.165, 1.54) is 10.7 Å². The fraction of sp³-hybridized carbons (Fsp3) is 0.455. The molecule has 2 aromatic heterocycles. The quantitative estimate of drug-likeness (QED) is 0.376. The van der Waals surface area contributed by atoms with Crippen molar-refractivity contribution in [3.05, 3.63) is 32.7 Å². The third-order valence-electron chi connectivity index (χ3n) is 3.20. The molecule has 19 heavy (non-hydrogen) atoms. The van der Waals surface area contributed by atoms with Gasteiger partial charge in [0.15, 0.2) is 0 Å². The Morgan fingerprint density at radius 3 is 2.84 bits per heavy atom. The van der Waals surface area contributed by atoms with Crippen LogP contribution in [0.25, 0.3) is 5.65 Å². The van der Waals surface area contributed by atoms with E-state index in [4.69, 9.17) is 23.2 Å². The molecule has 1 saturated carbocycles. The molecule has 0 bridgehead atoms. The summed E-state index contributed by atoms with van der Waals surface area (Å²) in [5, 5.41) is 15.3. The molecular formula is C11H10Cl2N4O2. The first-order valence-electron chi connectivity index (χ1n) is 5.90. The third-order valence-corrected chi connectivity index (χ3v) is 3.78. The molecule has 1 aliphatic carbocycles. The molecule has 6 nitrogen and oxygen atoms in total. The molecule has 0 amide bonds. The highest BCUT2D eigenvalue weighted by Crippen LogP contribution is 2.43. The lowest BCUT2D eigenvalue weighted by molar-refractivity contribution is -0.383. The molecule has 0 atom stereocenters. The predicted molar refractivity (Wildman–Crippen MR) is 71.1 cm³/mol. The van der Waals surface area contributed by atoms with Crippen LogP contribution in [-0.2, 0) is 6.42 Å². The Morgan fingerprint density at radius 1 is 1.53 bits per heavy atom. The zero-order valence-electron chi connectivity index (χ0n) is 9.84. The van der Waals surface area contributed by atoms with E-state index in [1.54, 1.807) is 0 Å². The Bertz CT molecular complexity index is 666. The van der Waals surface area contributed by atoms with Gasteiger partial charge < -0.3 is 0 Å². The second-order valence-electron chi connectivity index (χ2n) is 4.50. The van der Waals surface area contributed by atoms with E-state index in [0.29, 0.717) is 23.4 Å². The predicted octanol–water partition coefficient (Wildman–Crippen LogP) is 2.95. The lowest BCUT2D eigenvalue weighted by Crippen LogP contribution is -2.06. The van der Waals surface area contributed by atoms with Crippen LogP contribution in [0.3, 0.4) is 0 Å². The maximum Gasteiger partial charge on any atom is 0.333 e. The summed E-state index contributed by atoms with van der Waals surface area (Å²) >= 11 is 12.1. The Hall–Kier alpha value is -1.40. The van der Waals surface area contributed by atoms with Gasteiger partial charge in [0.25, 0.3) is 0 Å². The minimum Gasteiger partial charge on any atom is -0.258 e. The molecule has 1 fully saturated rings. The first kappa shape index (κ1) is 12.6. The number of nitrogens with zero attached hydrogens (tertiary/aromatic N) is 4. The summed E-state index contributed by atoms with van der Waals surface area (Å²) < 4.78 is 1.31. The molecular weight excluding hydrogens is 291 g/mol. The minimum atomic E-state index is -0.496. The number of aromatic nitrogens is 3. The Kier molecular flexibility index (Phi) is 3.06. The summed E-state index contributed by atoms with van der Waals surface area (Å²) in [5.41, 5.74) is 1.77. The maximum absolute atomic E-state index is 10.9. The van der Waals surface area contributed by atoms with Gasteiger partial charge in [-0.3, -0.25) is 10.1 Å². The van der Waals surface area contributed by atoms with Crippen LogP contribution in [0.5, 0.6) is 0 Å². The number of rotatable bonds is 4. The van der Waals surface area contributed by atoms with Crippen molar-refractivity contribution in [2.75, 3.05) is 5.88 Å². The highest BCUT2D eigenvalue weighted by molar-refractivity contribution is 6.30. The normalized spacial score (nSPS) is 15.1. The van der Waals surface area contributed by atoms with Crippen molar-refractivity contribution in [2.24, 2.45) is 0 Å². The number of hydrogen-bond acceptors (Lipinski definition) is 4. The van der Waals surface area contributed by atoms with Crippen molar-refractivity contribution in [3.63, 3.8) is 0 Å². The molecule has 0 radical (unpaired) electrons. The molecule has 3 rings (SSSR count). The molecule has 1 aliphatic rings. The standard InChI is InChI=1S/C11H10Cl2N4O2/c12-4-3-7-9(6-1-2-6)15-11-8(17(18)19)5-14-16(11)10(7)13/h5-6H,1-4H2. The molecule has 8 heteroatoms. The maximum atomic E-state index is 10.9. The van der Waals surface area contributed by atoms with E-state index >= 15 is 0 Å². The Morgan fingerprint density at radius 2 is 2.26 bits per heavy atom. The average Bonchev–Trinajstić information content (AvgIpc) is 3.12. The molecule has 0 aliphatic heterocycles. The van der Waals surface area contributed by atoms with Gasteiger partial charge in [0, 0.05) is 17.4 Å². The molecule has 100 valence electrons. The third kappa shape index (κ3) is 2.04. The zero-order chi connectivity index (χ0) is 13.6. The van der Waals surface area contributed by atoms with Gasteiger partial charge in [-0.1, -0.05) is 11.6 Å². The second kappa shape index (κ2) is 4.61. The van der Waals surface area contributed by atoms with Crippen molar-refractivity contribution in [1.29, 1.82) is 0 Å². The fourth-order valence-electron chi connectivity index (χ4n) is 2.15. The summed E-state index contributed by atoms with van der Waals surface area (Å²) in [6, 6.07) is 0. The van der Waals surface area contributed by atoms with Crippen molar-refractivity contribution in [1.82, 2.24) is 14.6 Å². The Labute approximate surface area is 118 Å². The molecule has 0 spiro atoms. The van der Waals surface area contributed by atoms with Crippen molar-refractivity contribution >= 4 is 34.5 Å². The highest BCUT2D eigenvalue weighted by atomic mass is 35.5. The number of alkyl halides is 1. The summed E-state index contributed by atoms with van der Waals surface area (Å²) in [6.07, 6.45) is 3.84. The molecule has 0 aromatic carbocycles. The number of nitro groups is 1. The molecule has 0 saturated heterocycles. The van der Waals surface area contributed by atoms with Crippen LogP contribution in [0.1, 0.15) is 30.0 Å². The topological polar surface area (TPSA) is 73.3 Å². The van der Waals surface area contributed by atoms with Crippen LogP contribution < -0.4 is 0 Å². The van der Waals surface area contributed by atoms with Crippen LogP contribution in [0.4, 0.5) is 5.69 Å². The van der Waals surface area contributed by atoms with Crippen LogP contribution >= 0.6 is 23.2 Å². The summed E-state index contributed by atoms with van der Waals surface area (Å²) in [5.74, 6) is 0.769. The van der Waals surface area contributed by atoms with Gasteiger partial charge in [-0.2, -0.15) is 9.61 Å². The molecule has 2 heterocycles. The number of fused-ring (bicyclic) bond motifs is 1. The minimum absolute atomic E-state index is 0.124. The van der Waals surface area contributed by atoms with Crippen LogP contribution in [0.2, 0.25) is 5.15 Å². The van der Waals surface area contributed by atoms with Gasteiger partial charge in [-0.05, 0) is 19.3 Å². The van der Waals surface area contributed by atoms with E-state index < -0.39 is 4.92 Å². The Balaban J connectivity index is 2.27. The average molecular weight is 301 g/mol. The van der Waals surface area contributed by atoms with E-state index in [-0.39, 0.29) is 11.3 Å².